The van der Waals surface area contributed by atoms with Crippen LogP contribution in [0.25, 0.3) is 0 Å². The lowest BCUT2D eigenvalue weighted by Crippen LogP contribution is -2.61. The first-order chi connectivity index (χ1) is 15.6. The molecule has 4 fully saturated rings. The van der Waals surface area contributed by atoms with Crippen LogP contribution in [-0.4, -0.2) is 12.1 Å². The Bertz CT molecular complexity index is 952. The van der Waals surface area contributed by atoms with Crippen molar-refractivity contribution in [1.82, 2.24) is 0 Å². The van der Waals surface area contributed by atoms with Gasteiger partial charge in [-0.05, 0) is 96.7 Å². The van der Waals surface area contributed by atoms with E-state index in [-0.39, 0.29) is 33.7 Å². The Labute approximate surface area is 209 Å². The van der Waals surface area contributed by atoms with Gasteiger partial charge < -0.3 is 4.74 Å². The topological polar surface area (TPSA) is 26.3 Å². The number of carbonyl (C=O) groups excluding carboxylic acids is 1. The average Bonchev–Trinajstić information content (AvgIpc) is 2.72. The smallest absolute Gasteiger partial charge is 0.302 e. The van der Waals surface area contributed by atoms with Crippen LogP contribution in [0.5, 0.6) is 0 Å². The van der Waals surface area contributed by atoms with Crippen LogP contribution in [0.4, 0.5) is 0 Å². The van der Waals surface area contributed by atoms with E-state index in [4.69, 9.17) is 4.74 Å². The van der Waals surface area contributed by atoms with Gasteiger partial charge in [0.05, 0.1) is 0 Å². The van der Waals surface area contributed by atoms with Crippen LogP contribution in [0.1, 0.15) is 120 Å². The summed E-state index contributed by atoms with van der Waals surface area (Å²) in [6.07, 6.45) is 16.7. The maximum atomic E-state index is 11.9. The quantitative estimate of drug-likeness (QED) is 0.361. The molecule has 0 aromatic rings. The molecule has 4 saturated carbocycles. The van der Waals surface area contributed by atoms with E-state index in [1.807, 2.05) is 0 Å². The van der Waals surface area contributed by atoms with Gasteiger partial charge in [0.15, 0.2) is 0 Å². The number of ether oxygens (including phenoxy) is 1. The standard InChI is InChI=1S/C32H50O2/c1-21(33)34-26-13-14-30(7)24(28(26,4)5)12-15-32(9)25(30)11-10-22-23-20-27(2,3)16-17-29(23,6)18-19-31(22,32)8/h10-11,23-24,26H,12-20H2,1-9H3/t23-,24-,26-,29+,30-,31+,32+/m0/s1. The van der Waals surface area contributed by atoms with Gasteiger partial charge in [-0.25, -0.2) is 0 Å². The fraction of sp³-hybridized carbons (Fsp3) is 0.844. The van der Waals surface area contributed by atoms with Gasteiger partial charge in [0, 0.05) is 12.3 Å². The highest BCUT2D eigenvalue weighted by Gasteiger charge is 2.66. The predicted molar refractivity (Wildman–Crippen MR) is 140 cm³/mol. The zero-order valence-corrected chi connectivity index (χ0v) is 23.6. The molecular weight excluding hydrogens is 416 g/mol. The lowest BCUT2D eigenvalue weighted by molar-refractivity contribution is -0.172. The summed E-state index contributed by atoms with van der Waals surface area (Å²) >= 11 is 0. The van der Waals surface area contributed by atoms with Gasteiger partial charge in [0.25, 0.3) is 0 Å². The van der Waals surface area contributed by atoms with Crippen molar-refractivity contribution in [2.45, 2.75) is 126 Å². The summed E-state index contributed by atoms with van der Waals surface area (Å²) < 4.78 is 5.89. The van der Waals surface area contributed by atoms with Gasteiger partial charge in [-0.1, -0.05) is 78.7 Å². The first-order valence-corrected chi connectivity index (χ1v) is 14.2. The molecule has 0 bridgehead atoms. The molecule has 0 aromatic carbocycles. The summed E-state index contributed by atoms with van der Waals surface area (Å²) in [6.45, 7) is 21.8. The second kappa shape index (κ2) is 7.25. The van der Waals surface area contributed by atoms with Crippen molar-refractivity contribution in [3.05, 3.63) is 23.3 Å². The SMILES string of the molecule is CC(=O)O[C@H]1CC[C@]2(C)C3=CC=C4[C@@H]5CC(C)(C)CC[C@]5(C)CC[C@@]4(C)[C@]3(C)CC[C@H]2C1(C)C. The highest BCUT2D eigenvalue weighted by molar-refractivity contribution is 5.66. The number of fused-ring (bicyclic) bond motifs is 7. The number of hydrogen-bond donors (Lipinski definition) is 0. The molecule has 190 valence electrons. The Morgan fingerprint density at radius 2 is 1.50 bits per heavy atom. The summed E-state index contributed by atoms with van der Waals surface area (Å²) in [4.78, 5) is 11.9. The monoisotopic (exact) mass is 466 g/mol. The molecule has 0 aromatic heterocycles. The molecule has 0 aliphatic heterocycles. The maximum Gasteiger partial charge on any atom is 0.302 e. The minimum atomic E-state index is -0.125. The Morgan fingerprint density at radius 3 is 2.18 bits per heavy atom. The van der Waals surface area contributed by atoms with Gasteiger partial charge in [0.2, 0.25) is 0 Å². The van der Waals surface area contributed by atoms with Gasteiger partial charge in [-0.3, -0.25) is 4.79 Å². The first-order valence-electron chi connectivity index (χ1n) is 14.2. The summed E-state index contributed by atoms with van der Waals surface area (Å²) in [7, 11) is 0. The van der Waals surface area contributed by atoms with Crippen LogP contribution in [0, 0.1) is 44.3 Å². The molecule has 0 radical (unpaired) electrons. The van der Waals surface area contributed by atoms with Crippen molar-refractivity contribution in [3.8, 4) is 0 Å². The first kappa shape index (κ1) is 24.6. The van der Waals surface area contributed by atoms with E-state index >= 15 is 0 Å². The van der Waals surface area contributed by atoms with E-state index in [1.165, 1.54) is 44.9 Å². The number of allylic oxidation sites excluding steroid dienone is 4. The molecule has 0 unspecified atom stereocenters. The van der Waals surface area contributed by atoms with E-state index < -0.39 is 0 Å². The molecule has 0 spiro atoms. The largest absolute Gasteiger partial charge is 0.462 e. The minimum absolute atomic E-state index is 0.00423. The third-order valence-electron chi connectivity index (χ3n) is 12.7. The summed E-state index contributed by atoms with van der Waals surface area (Å²) in [6, 6.07) is 0. The molecule has 5 rings (SSSR count). The van der Waals surface area contributed by atoms with Crippen molar-refractivity contribution in [2.75, 3.05) is 0 Å². The fourth-order valence-corrected chi connectivity index (χ4v) is 10.2. The van der Waals surface area contributed by atoms with Crippen molar-refractivity contribution in [1.29, 1.82) is 0 Å². The molecule has 0 saturated heterocycles. The van der Waals surface area contributed by atoms with Gasteiger partial charge in [-0.15, -0.1) is 0 Å². The van der Waals surface area contributed by atoms with Crippen LogP contribution in [0.2, 0.25) is 0 Å². The second-order valence-electron chi connectivity index (χ2n) is 15.4. The van der Waals surface area contributed by atoms with Crippen LogP contribution in [-0.2, 0) is 9.53 Å². The lowest BCUT2D eigenvalue weighted by atomic mass is 9.36. The Hall–Kier alpha value is -1.05. The molecule has 0 amide bonds. The lowest BCUT2D eigenvalue weighted by Gasteiger charge is -2.68. The van der Waals surface area contributed by atoms with Crippen molar-refractivity contribution in [2.24, 2.45) is 44.3 Å². The molecular formula is C32H50O2. The minimum Gasteiger partial charge on any atom is -0.462 e. The Morgan fingerprint density at radius 1 is 0.824 bits per heavy atom. The molecule has 5 aliphatic carbocycles. The van der Waals surface area contributed by atoms with Gasteiger partial charge in [0.1, 0.15) is 6.10 Å². The molecule has 34 heavy (non-hydrogen) atoms. The van der Waals surface area contributed by atoms with Gasteiger partial charge in [-0.2, -0.15) is 0 Å². The maximum absolute atomic E-state index is 11.9. The van der Waals surface area contributed by atoms with E-state index in [2.05, 4.69) is 67.5 Å². The third-order valence-corrected chi connectivity index (χ3v) is 12.7. The summed E-state index contributed by atoms with van der Waals surface area (Å²) in [5.74, 6) is 1.16. The summed E-state index contributed by atoms with van der Waals surface area (Å²) in [5.41, 5.74) is 5.13. The molecule has 0 heterocycles. The molecule has 0 N–H and O–H groups in total. The molecule has 5 aliphatic rings. The number of rotatable bonds is 1. The fourth-order valence-electron chi connectivity index (χ4n) is 10.2. The van der Waals surface area contributed by atoms with E-state index in [1.54, 1.807) is 18.1 Å². The highest BCUT2D eigenvalue weighted by atomic mass is 16.5. The van der Waals surface area contributed by atoms with Gasteiger partial charge >= 0.3 is 5.97 Å². The zero-order chi connectivity index (χ0) is 24.9. The van der Waals surface area contributed by atoms with Crippen LogP contribution >= 0.6 is 0 Å². The van der Waals surface area contributed by atoms with Crippen LogP contribution in [0.15, 0.2) is 23.3 Å². The van der Waals surface area contributed by atoms with Crippen molar-refractivity contribution in [3.63, 3.8) is 0 Å². The number of esters is 1. The summed E-state index contributed by atoms with van der Waals surface area (Å²) in [5, 5.41) is 0. The van der Waals surface area contributed by atoms with Crippen LogP contribution in [0.3, 0.4) is 0 Å². The number of hydrogen-bond acceptors (Lipinski definition) is 2. The number of carbonyl (C=O) groups is 1. The van der Waals surface area contributed by atoms with Crippen molar-refractivity contribution < 1.29 is 9.53 Å². The highest BCUT2D eigenvalue weighted by Crippen LogP contribution is 2.74. The zero-order valence-electron chi connectivity index (χ0n) is 23.6. The third kappa shape index (κ3) is 3.15. The Kier molecular flexibility index (Phi) is 5.26. The van der Waals surface area contributed by atoms with E-state index in [0.29, 0.717) is 16.7 Å². The molecule has 2 nitrogen and oxygen atoms in total. The second-order valence-corrected chi connectivity index (χ2v) is 15.4. The predicted octanol–water partition coefficient (Wildman–Crippen LogP) is 8.66. The normalized spacial score (nSPS) is 48.8. The van der Waals surface area contributed by atoms with E-state index in [0.717, 1.165) is 18.8 Å². The molecule has 2 heteroatoms. The molecule has 7 atom stereocenters. The van der Waals surface area contributed by atoms with Crippen LogP contribution < -0.4 is 0 Å². The average molecular weight is 467 g/mol. The van der Waals surface area contributed by atoms with Crippen molar-refractivity contribution >= 4 is 5.97 Å². The van der Waals surface area contributed by atoms with E-state index in [9.17, 15) is 4.79 Å². The Balaban J connectivity index is 1.58.